The van der Waals surface area contributed by atoms with Crippen LogP contribution in [0, 0.1) is 56.7 Å². The molecule has 9 unspecified atom stereocenters. The zero-order valence-electron chi connectivity index (χ0n) is 21.1. The van der Waals surface area contributed by atoms with E-state index < -0.39 is 0 Å². The fourth-order valence-electron chi connectivity index (χ4n) is 11.8. The summed E-state index contributed by atoms with van der Waals surface area (Å²) in [5.74, 6) is 4.13. The quantitative estimate of drug-likeness (QED) is 0.425. The Kier molecular flexibility index (Phi) is 4.57. The van der Waals surface area contributed by atoms with Crippen molar-refractivity contribution in [1.82, 2.24) is 0 Å². The molecule has 0 aromatic rings. The molecule has 5 aliphatic carbocycles. The van der Waals surface area contributed by atoms with Gasteiger partial charge in [0, 0.05) is 5.92 Å². The van der Waals surface area contributed by atoms with Gasteiger partial charge in [-0.15, -0.1) is 0 Å². The number of Topliss-reactive ketones (excluding diaryl/α,β-unsaturated/α-hetero) is 1. The maximum Gasteiger partial charge on any atom is 0.133 e. The van der Waals surface area contributed by atoms with E-state index in [-0.39, 0.29) is 0 Å². The summed E-state index contributed by atoms with van der Waals surface area (Å²) >= 11 is 0. The topological polar surface area (TPSA) is 17.1 Å². The molecule has 5 rings (SSSR count). The van der Waals surface area contributed by atoms with Gasteiger partial charge in [0.1, 0.15) is 5.78 Å². The maximum atomic E-state index is 12.4. The molecule has 0 heterocycles. The molecular formula is C29H48O. The van der Waals surface area contributed by atoms with E-state index >= 15 is 0 Å². The Bertz CT molecular complexity index is 737. The van der Waals surface area contributed by atoms with Gasteiger partial charge in [-0.05, 0) is 122 Å². The summed E-state index contributed by atoms with van der Waals surface area (Å²) in [7, 11) is 0. The molecule has 0 N–H and O–H groups in total. The molecule has 170 valence electrons. The lowest BCUT2D eigenvalue weighted by atomic mass is 9.32. The van der Waals surface area contributed by atoms with E-state index in [4.69, 9.17) is 0 Å². The molecule has 5 aliphatic rings. The average molecular weight is 413 g/mol. The molecule has 30 heavy (non-hydrogen) atoms. The second-order valence-electron chi connectivity index (χ2n) is 14.4. The van der Waals surface area contributed by atoms with Gasteiger partial charge >= 0.3 is 0 Å². The minimum absolute atomic E-state index is 0.359. The second-order valence-corrected chi connectivity index (χ2v) is 14.4. The number of hydrogen-bond donors (Lipinski definition) is 0. The van der Waals surface area contributed by atoms with Crippen molar-refractivity contribution in [3.05, 3.63) is 0 Å². The van der Waals surface area contributed by atoms with E-state index in [2.05, 4.69) is 41.5 Å². The van der Waals surface area contributed by atoms with Crippen LogP contribution in [0.3, 0.4) is 0 Å². The minimum atomic E-state index is 0.359. The van der Waals surface area contributed by atoms with Crippen LogP contribution in [0.2, 0.25) is 0 Å². The number of carbonyl (C=O) groups excluding carboxylic acids is 1. The van der Waals surface area contributed by atoms with Crippen molar-refractivity contribution in [1.29, 1.82) is 0 Å². The molecule has 0 aromatic heterocycles. The highest BCUT2D eigenvalue weighted by atomic mass is 16.1. The molecule has 0 aromatic carbocycles. The summed E-state index contributed by atoms with van der Waals surface area (Å²) in [6, 6.07) is 0. The Morgan fingerprint density at radius 2 is 1.23 bits per heavy atom. The van der Waals surface area contributed by atoms with E-state index in [9.17, 15) is 4.79 Å². The number of fused-ring (bicyclic) bond motifs is 7. The lowest BCUT2D eigenvalue weighted by Crippen LogP contribution is -2.65. The maximum absolute atomic E-state index is 12.4. The van der Waals surface area contributed by atoms with Crippen molar-refractivity contribution in [2.24, 2.45) is 56.7 Å². The van der Waals surface area contributed by atoms with Crippen LogP contribution < -0.4 is 0 Å². The largest absolute Gasteiger partial charge is 0.300 e. The highest BCUT2D eigenvalue weighted by molar-refractivity contribution is 5.79. The van der Waals surface area contributed by atoms with E-state index in [1.54, 1.807) is 0 Å². The standard InChI is InChI=1S/C29H48O/c1-19(30)20-11-16-26(4)21(20)12-17-28(6)23(26)9-10-24-27(5)15-8-14-25(2,3)22(27)13-18-29(24,28)7/h20-24H,8-18H2,1-7H3. The van der Waals surface area contributed by atoms with Gasteiger partial charge in [0.25, 0.3) is 0 Å². The molecule has 0 spiro atoms. The van der Waals surface area contributed by atoms with Crippen LogP contribution in [0.25, 0.3) is 0 Å². The lowest BCUT2D eigenvalue weighted by molar-refractivity contribution is -0.240. The SMILES string of the molecule is CC(=O)C1CCC2(C)C1CCC1(C)C2CCC2C3(C)CCCC(C)(C)C3CCC21C. The first kappa shape index (κ1) is 21.5. The fraction of sp³-hybridized carbons (Fsp3) is 0.966. The van der Waals surface area contributed by atoms with E-state index in [0.717, 1.165) is 24.2 Å². The van der Waals surface area contributed by atoms with Gasteiger partial charge in [-0.1, -0.05) is 48.0 Å². The summed E-state index contributed by atoms with van der Waals surface area (Å²) in [6.45, 7) is 17.8. The van der Waals surface area contributed by atoms with E-state index in [0.29, 0.717) is 44.7 Å². The van der Waals surface area contributed by atoms with E-state index in [1.807, 2.05) is 6.92 Å². The van der Waals surface area contributed by atoms with Gasteiger partial charge in [0.05, 0.1) is 0 Å². The first-order chi connectivity index (χ1) is 13.9. The monoisotopic (exact) mass is 412 g/mol. The Morgan fingerprint density at radius 3 is 1.87 bits per heavy atom. The van der Waals surface area contributed by atoms with Gasteiger partial charge in [-0.25, -0.2) is 0 Å². The summed E-state index contributed by atoms with van der Waals surface area (Å²) in [6.07, 6.45) is 15.3. The third-order valence-electron chi connectivity index (χ3n) is 13.2. The minimum Gasteiger partial charge on any atom is -0.300 e. The third-order valence-corrected chi connectivity index (χ3v) is 13.2. The first-order valence-electron chi connectivity index (χ1n) is 13.4. The predicted molar refractivity (Wildman–Crippen MR) is 125 cm³/mol. The summed E-state index contributed by atoms with van der Waals surface area (Å²) in [4.78, 5) is 12.4. The van der Waals surface area contributed by atoms with Crippen LogP contribution >= 0.6 is 0 Å². The van der Waals surface area contributed by atoms with Crippen molar-refractivity contribution in [2.45, 2.75) is 119 Å². The van der Waals surface area contributed by atoms with Crippen molar-refractivity contribution < 1.29 is 4.79 Å². The molecule has 9 atom stereocenters. The Hall–Kier alpha value is -0.330. The average Bonchev–Trinajstić information content (AvgIpc) is 2.99. The number of hydrogen-bond acceptors (Lipinski definition) is 1. The van der Waals surface area contributed by atoms with Crippen molar-refractivity contribution in [2.75, 3.05) is 0 Å². The van der Waals surface area contributed by atoms with Crippen LogP contribution in [0.15, 0.2) is 0 Å². The molecule has 1 nitrogen and oxygen atoms in total. The molecule has 1 heteroatoms. The van der Waals surface area contributed by atoms with Gasteiger partial charge < -0.3 is 0 Å². The van der Waals surface area contributed by atoms with Crippen LogP contribution in [0.5, 0.6) is 0 Å². The van der Waals surface area contributed by atoms with Crippen LogP contribution in [0.4, 0.5) is 0 Å². The summed E-state index contributed by atoms with van der Waals surface area (Å²) in [5, 5.41) is 0. The van der Waals surface area contributed by atoms with Crippen LogP contribution in [-0.2, 0) is 4.79 Å². The first-order valence-corrected chi connectivity index (χ1v) is 13.4. The molecule has 0 radical (unpaired) electrons. The molecule has 5 fully saturated rings. The number of ketones is 1. The van der Waals surface area contributed by atoms with E-state index in [1.165, 1.54) is 64.2 Å². The van der Waals surface area contributed by atoms with Crippen LogP contribution in [0.1, 0.15) is 119 Å². The summed E-state index contributed by atoms with van der Waals surface area (Å²) < 4.78 is 0. The lowest BCUT2D eigenvalue weighted by Gasteiger charge is -2.73. The highest BCUT2D eigenvalue weighted by Gasteiger charge is 2.70. The van der Waals surface area contributed by atoms with Gasteiger partial charge in [0.2, 0.25) is 0 Å². The normalized spacial score (nSPS) is 57.0. The zero-order valence-corrected chi connectivity index (χ0v) is 21.1. The Balaban J connectivity index is 1.53. The smallest absolute Gasteiger partial charge is 0.133 e. The van der Waals surface area contributed by atoms with Crippen molar-refractivity contribution in [3.8, 4) is 0 Å². The Morgan fingerprint density at radius 1 is 0.633 bits per heavy atom. The third kappa shape index (κ3) is 2.45. The van der Waals surface area contributed by atoms with Gasteiger partial charge in [-0.3, -0.25) is 4.79 Å². The van der Waals surface area contributed by atoms with Crippen LogP contribution in [-0.4, -0.2) is 5.78 Å². The van der Waals surface area contributed by atoms with Gasteiger partial charge in [0.15, 0.2) is 0 Å². The molecular weight excluding hydrogens is 364 g/mol. The van der Waals surface area contributed by atoms with Crippen molar-refractivity contribution in [3.63, 3.8) is 0 Å². The number of carbonyl (C=O) groups is 1. The Labute approximate surface area is 186 Å². The molecule has 0 saturated heterocycles. The van der Waals surface area contributed by atoms with Gasteiger partial charge in [-0.2, -0.15) is 0 Å². The highest BCUT2D eigenvalue weighted by Crippen LogP contribution is 2.77. The predicted octanol–water partition coefficient (Wildman–Crippen LogP) is 8.07. The number of rotatable bonds is 1. The molecule has 0 aliphatic heterocycles. The summed E-state index contributed by atoms with van der Waals surface area (Å²) in [5.41, 5.74) is 2.41. The fourth-order valence-corrected chi connectivity index (χ4v) is 11.8. The molecule has 0 bridgehead atoms. The molecule has 0 amide bonds. The van der Waals surface area contributed by atoms with Crippen molar-refractivity contribution >= 4 is 5.78 Å². The molecule has 5 saturated carbocycles. The second kappa shape index (κ2) is 6.38. The zero-order chi connectivity index (χ0) is 21.7.